The summed E-state index contributed by atoms with van der Waals surface area (Å²) in [5.41, 5.74) is 2.67. The van der Waals surface area contributed by atoms with E-state index in [1.165, 1.54) is 6.33 Å². The second-order valence-corrected chi connectivity index (χ2v) is 6.42. The van der Waals surface area contributed by atoms with Crippen LogP contribution >= 0.6 is 0 Å². The van der Waals surface area contributed by atoms with Crippen LogP contribution in [0.25, 0.3) is 10.9 Å². The van der Waals surface area contributed by atoms with Gasteiger partial charge < -0.3 is 10.6 Å². The predicted octanol–water partition coefficient (Wildman–Crippen LogP) is 4.43. The van der Waals surface area contributed by atoms with E-state index in [1.54, 1.807) is 18.2 Å². The number of rotatable bonds is 5. The van der Waals surface area contributed by atoms with Crippen LogP contribution in [0.5, 0.6) is 0 Å². The van der Waals surface area contributed by atoms with Crippen molar-refractivity contribution < 1.29 is 4.92 Å². The number of nitro groups is 1. The van der Waals surface area contributed by atoms with E-state index in [0.717, 1.165) is 16.8 Å². The van der Waals surface area contributed by atoms with Gasteiger partial charge >= 0.3 is 5.69 Å². The normalized spacial score (nSPS) is 10.7. The van der Waals surface area contributed by atoms with Crippen molar-refractivity contribution >= 4 is 39.7 Å². The monoisotopic (exact) mass is 387 g/mol. The average molecular weight is 387 g/mol. The number of aromatic nitrogens is 4. The number of anilines is 4. The highest BCUT2D eigenvalue weighted by molar-refractivity contribution is 5.93. The summed E-state index contributed by atoms with van der Waals surface area (Å²) in [5, 5.41) is 18.7. The van der Waals surface area contributed by atoms with Crippen molar-refractivity contribution in [1.82, 2.24) is 19.9 Å². The summed E-state index contributed by atoms with van der Waals surface area (Å²) in [5.74, 6) is 0.575. The summed E-state index contributed by atoms with van der Waals surface area (Å²) in [7, 11) is 0. The van der Waals surface area contributed by atoms with Crippen LogP contribution in [0.15, 0.2) is 54.9 Å². The quantitative estimate of drug-likeness (QED) is 0.381. The van der Waals surface area contributed by atoms with Crippen LogP contribution in [-0.2, 0) is 0 Å². The van der Waals surface area contributed by atoms with Gasteiger partial charge in [-0.15, -0.1) is 0 Å². The Hall–Kier alpha value is -4.14. The van der Waals surface area contributed by atoms with Gasteiger partial charge in [0, 0.05) is 16.8 Å². The Balaban J connectivity index is 1.77. The first kappa shape index (κ1) is 18.2. The van der Waals surface area contributed by atoms with Crippen molar-refractivity contribution in [3.8, 4) is 0 Å². The summed E-state index contributed by atoms with van der Waals surface area (Å²) >= 11 is 0. The van der Waals surface area contributed by atoms with Crippen LogP contribution in [0.4, 0.5) is 28.8 Å². The number of nitrogens with zero attached hydrogens (tertiary/aromatic N) is 5. The smallest absolute Gasteiger partial charge is 0.332 e. The van der Waals surface area contributed by atoms with E-state index < -0.39 is 4.92 Å². The highest BCUT2D eigenvalue weighted by Crippen LogP contribution is 2.34. The van der Waals surface area contributed by atoms with Crippen molar-refractivity contribution in [3.63, 3.8) is 0 Å². The van der Waals surface area contributed by atoms with Gasteiger partial charge in [-0.2, -0.15) is 0 Å². The van der Waals surface area contributed by atoms with Gasteiger partial charge in [-0.1, -0.05) is 24.3 Å². The van der Waals surface area contributed by atoms with Crippen LogP contribution in [0, 0.1) is 24.0 Å². The molecule has 9 heteroatoms. The van der Waals surface area contributed by atoms with Crippen LogP contribution < -0.4 is 10.6 Å². The minimum Gasteiger partial charge on any atom is -0.332 e. The number of para-hydroxylation sites is 1. The molecular formula is C20H17N7O2. The number of nitrogens with one attached hydrogen (secondary N) is 2. The number of aryl methyl sites for hydroxylation is 2. The number of hydrogen-bond donors (Lipinski definition) is 2. The molecule has 0 aliphatic carbocycles. The van der Waals surface area contributed by atoms with E-state index in [2.05, 4.69) is 30.6 Å². The molecule has 3 heterocycles. The highest BCUT2D eigenvalue weighted by atomic mass is 16.6. The molecule has 0 spiro atoms. The van der Waals surface area contributed by atoms with Gasteiger partial charge in [0.25, 0.3) is 0 Å². The maximum atomic E-state index is 11.8. The second kappa shape index (κ2) is 7.47. The molecule has 0 bridgehead atoms. The van der Waals surface area contributed by atoms with Gasteiger partial charge in [0.2, 0.25) is 11.6 Å². The Kier molecular flexibility index (Phi) is 4.70. The van der Waals surface area contributed by atoms with Gasteiger partial charge in [-0.25, -0.2) is 15.0 Å². The Labute approximate surface area is 166 Å². The van der Waals surface area contributed by atoms with Gasteiger partial charge in [0.05, 0.1) is 16.1 Å². The standard InChI is InChI=1S/C20H17N7O2/c1-12-5-3-8-16(23-12)26-20-18(27(28)29)19(21-11-22-20)25-15-7-4-6-14-10-9-13(2)24-17(14)15/h3-11H,1-2H3,(H2,21,22,23,25,26). The fourth-order valence-corrected chi connectivity index (χ4v) is 2.94. The molecule has 0 saturated heterocycles. The SMILES string of the molecule is Cc1cccc(Nc2ncnc(Nc3cccc4ccc(C)nc34)c2[N+](=O)[O-])n1. The van der Waals surface area contributed by atoms with Crippen molar-refractivity contribution in [2.75, 3.05) is 10.6 Å². The summed E-state index contributed by atoms with van der Waals surface area (Å²) < 4.78 is 0. The first-order chi connectivity index (χ1) is 14.0. The molecule has 0 saturated carbocycles. The Morgan fingerprint density at radius 1 is 0.862 bits per heavy atom. The third-order valence-corrected chi connectivity index (χ3v) is 4.25. The molecule has 9 nitrogen and oxygen atoms in total. The number of hydrogen-bond acceptors (Lipinski definition) is 8. The summed E-state index contributed by atoms with van der Waals surface area (Å²) in [6, 6.07) is 14.8. The van der Waals surface area contributed by atoms with Gasteiger partial charge in [0.15, 0.2) is 0 Å². The Bertz CT molecular complexity index is 1230. The maximum absolute atomic E-state index is 11.8. The lowest BCUT2D eigenvalue weighted by Gasteiger charge is -2.11. The summed E-state index contributed by atoms with van der Waals surface area (Å²) in [6.07, 6.45) is 1.26. The average Bonchev–Trinajstić information content (AvgIpc) is 2.68. The molecule has 4 aromatic rings. The summed E-state index contributed by atoms with van der Waals surface area (Å²) in [6.45, 7) is 3.72. The number of pyridine rings is 2. The molecule has 0 aliphatic heterocycles. The Morgan fingerprint density at radius 2 is 1.59 bits per heavy atom. The van der Waals surface area contributed by atoms with Crippen molar-refractivity contribution in [2.45, 2.75) is 13.8 Å². The molecular weight excluding hydrogens is 370 g/mol. The maximum Gasteiger partial charge on any atom is 0.353 e. The molecule has 29 heavy (non-hydrogen) atoms. The van der Waals surface area contributed by atoms with E-state index in [0.29, 0.717) is 17.0 Å². The van der Waals surface area contributed by atoms with Crippen molar-refractivity contribution in [3.05, 3.63) is 76.4 Å². The fourth-order valence-electron chi connectivity index (χ4n) is 2.94. The molecule has 0 amide bonds. The molecule has 4 rings (SSSR count). The van der Waals surface area contributed by atoms with E-state index >= 15 is 0 Å². The lowest BCUT2D eigenvalue weighted by molar-refractivity contribution is -0.383. The molecule has 0 radical (unpaired) electrons. The van der Waals surface area contributed by atoms with Crippen molar-refractivity contribution in [2.24, 2.45) is 0 Å². The molecule has 0 fully saturated rings. The highest BCUT2D eigenvalue weighted by Gasteiger charge is 2.24. The zero-order valence-corrected chi connectivity index (χ0v) is 15.7. The molecule has 3 aromatic heterocycles. The topological polar surface area (TPSA) is 119 Å². The van der Waals surface area contributed by atoms with E-state index in [9.17, 15) is 10.1 Å². The van der Waals surface area contributed by atoms with Crippen LogP contribution in [0.2, 0.25) is 0 Å². The van der Waals surface area contributed by atoms with Gasteiger partial charge in [-0.05, 0) is 38.1 Å². The minimum absolute atomic E-state index is 0.0509. The van der Waals surface area contributed by atoms with Crippen LogP contribution in [0.1, 0.15) is 11.4 Å². The van der Waals surface area contributed by atoms with Crippen molar-refractivity contribution in [1.29, 1.82) is 0 Å². The zero-order valence-electron chi connectivity index (χ0n) is 15.7. The van der Waals surface area contributed by atoms with Crippen LogP contribution in [0.3, 0.4) is 0 Å². The second-order valence-electron chi connectivity index (χ2n) is 6.42. The number of benzene rings is 1. The zero-order chi connectivity index (χ0) is 20.4. The lowest BCUT2D eigenvalue weighted by Crippen LogP contribution is -2.06. The van der Waals surface area contributed by atoms with Crippen LogP contribution in [-0.4, -0.2) is 24.9 Å². The van der Waals surface area contributed by atoms with E-state index in [-0.39, 0.29) is 17.3 Å². The first-order valence-corrected chi connectivity index (χ1v) is 8.85. The largest absolute Gasteiger partial charge is 0.353 e. The molecule has 0 aliphatic rings. The molecule has 1 aromatic carbocycles. The van der Waals surface area contributed by atoms with E-state index in [4.69, 9.17) is 0 Å². The van der Waals surface area contributed by atoms with Gasteiger partial charge in [-0.3, -0.25) is 15.1 Å². The third kappa shape index (κ3) is 3.79. The van der Waals surface area contributed by atoms with E-state index in [1.807, 2.05) is 44.2 Å². The molecule has 2 N–H and O–H groups in total. The molecule has 0 unspecified atom stereocenters. The fraction of sp³-hybridized carbons (Fsp3) is 0.100. The van der Waals surface area contributed by atoms with Gasteiger partial charge in [0.1, 0.15) is 12.1 Å². The third-order valence-electron chi connectivity index (χ3n) is 4.25. The molecule has 144 valence electrons. The predicted molar refractivity (Wildman–Crippen MR) is 111 cm³/mol. The first-order valence-electron chi connectivity index (χ1n) is 8.85. The number of fused-ring (bicyclic) bond motifs is 1. The Morgan fingerprint density at radius 3 is 2.34 bits per heavy atom. The molecule has 0 atom stereocenters. The summed E-state index contributed by atoms with van der Waals surface area (Å²) in [4.78, 5) is 28.3. The minimum atomic E-state index is -0.524. The lowest BCUT2D eigenvalue weighted by atomic mass is 10.1.